The number of ether oxygens (including phenoxy) is 1. The quantitative estimate of drug-likeness (QED) is 0.722. The molecule has 1 aliphatic rings. The number of hydrogen-bond donors (Lipinski definition) is 1. The molecule has 1 saturated heterocycles. The lowest BCUT2D eigenvalue weighted by Gasteiger charge is -2.26. The molecule has 5 nitrogen and oxygen atoms in total. The van der Waals surface area contributed by atoms with Crippen LogP contribution in [0.2, 0.25) is 0 Å². The first-order valence-corrected chi connectivity index (χ1v) is 6.04. The Morgan fingerprint density at radius 3 is 2.60 bits per heavy atom. The van der Waals surface area contributed by atoms with Crippen molar-refractivity contribution in [1.82, 2.24) is 10.2 Å². The Hall–Kier alpha value is -0.620. The summed E-state index contributed by atoms with van der Waals surface area (Å²) in [5.74, 6) is -0.0158. The summed E-state index contributed by atoms with van der Waals surface area (Å²) < 4.78 is 5.14. The van der Waals surface area contributed by atoms with Gasteiger partial charge >= 0.3 is 0 Å². The van der Waals surface area contributed by atoms with Crippen molar-refractivity contribution in [3.63, 3.8) is 0 Å². The Bertz CT molecular complexity index is 229. The van der Waals surface area contributed by atoms with Gasteiger partial charge in [0.05, 0.1) is 18.5 Å². The molecule has 0 spiro atoms. The lowest BCUT2D eigenvalue weighted by Crippen LogP contribution is -2.42. The van der Waals surface area contributed by atoms with Gasteiger partial charge in [0, 0.05) is 26.1 Å². The van der Waals surface area contributed by atoms with Crippen molar-refractivity contribution in [2.45, 2.75) is 6.42 Å². The van der Waals surface area contributed by atoms with Crippen LogP contribution in [-0.4, -0.2) is 54.9 Å². The van der Waals surface area contributed by atoms with E-state index in [4.69, 9.17) is 4.74 Å². The highest BCUT2D eigenvalue weighted by molar-refractivity contribution is 9.09. The smallest absolute Gasteiger partial charge is 0.230 e. The summed E-state index contributed by atoms with van der Waals surface area (Å²) in [4.78, 5) is 24.2. The van der Waals surface area contributed by atoms with Crippen LogP contribution in [-0.2, 0) is 14.3 Å². The van der Waals surface area contributed by atoms with Crippen molar-refractivity contribution in [3.05, 3.63) is 0 Å². The van der Waals surface area contributed by atoms with Gasteiger partial charge in [0.15, 0.2) is 0 Å². The Labute approximate surface area is 97.3 Å². The molecular formula is C9H15BrN2O3. The second kappa shape index (κ2) is 6.79. The van der Waals surface area contributed by atoms with Crippen LogP contribution >= 0.6 is 15.9 Å². The van der Waals surface area contributed by atoms with Crippen LogP contribution in [0.5, 0.6) is 0 Å². The zero-order valence-corrected chi connectivity index (χ0v) is 10.1. The van der Waals surface area contributed by atoms with Gasteiger partial charge < -0.3 is 15.0 Å². The molecule has 86 valence electrons. The molecule has 0 saturated carbocycles. The fourth-order valence-electron chi connectivity index (χ4n) is 1.33. The SMILES string of the molecule is O=C(CBr)NCCC(=O)N1CCOCC1. The van der Waals surface area contributed by atoms with Crippen LogP contribution in [0.4, 0.5) is 0 Å². The summed E-state index contributed by atoms with van der Waals surface area (Å²) in [6.07, 6.45) is 0.360. The number of carbonyl (C=O) groups is 2. The average molecular weight is 279 g/mol. The molecular weight excluding hydrogens is 264 g/mol. The highest BCUT2D eigenvalue weighted by atomic mass is 79.9. The summed E-state index contributed by atoms with van der Waals surface area (Å²) in [6, 6.07) is 0. The molecule has 6 heteroatoms. The molecule has 0 radical (unpaired) electrons. The minimum Gasteiger partial charge on any atom is -0.378 e. The first-order chi connectivity index (χ1) is 7.24. The van der Waals surface area contributed by atoms with E-state index in [1.807, 2.05) is 0 Å². The van der Waals surface area contributed by atoms with E-state index >= 15 is 0 Å². The van der Waals surface area contributed by atoms with Crippen molar-refractivity contribution < 1.29 is 14.3 Å². The third-order valence-corrected chi connectivity index (χ3v) is 2.66. The van der Waals surface area contributed by atoms with Crippen molar-refractivity contribution in [2.75, 3.05) is 38.2 Å². The zero-order chi connectivity index (χ0) is 11.1. The van der Waals surface area contributed by atoms with Gasteiger partial charge in [-0.1, -0.05) is 15.9 Å². The first-order valence-electron chi connectivity index (χ1n) is 4.92. The molecule has 0 aromatic carbocycles. The number of nitrogens with zero attached hydrogens (tertiary/aromatic N) is 1. The van der Waals surface area contributed by atoms with Crippen molar-refractivity contribution in [1.29, 1.82) is 0 Å². The number of halogens is 1. The Balaban J connectivity index is 2.14. The predicted octanol–water partition coefficient (Wildman–Crippen LogP) is -0.254. The minimum atomic E-state index is -0.0928. The van der Waals surface area contributed by atoms with E-state index in [9.17, 15) is 9.59 Å². The number of rotatable bonds is 4. The van der Waals surface area contributed by atoms with Crippen molar-refractivity contribution >= 4 is 27.7 Å². The molecule has 0 bridgehead atoms. The van der Waals surface area contributed by atoms with Crippen molar-refractivity contribution in [3.8, 4) is 0 Å². The molecule has 0 aromatic rings. The van der Waals surface area contributed by atoms with E-state index < -0.39 is 0 Å². The molecule has 1 rings (SSSR count). The van der Waals surface area contributed by atoms with Gasteiger partial charge in [-0.15, -0.1) is 0 Å². The fourth-order valence-corrected chi connectivity index (χ4v) is 1.53. The third kappa shape index (κ3) is 4.61. The molecule has 1 N–H and O–H groups in total. The van der Waals surface area contributed by atoms with Gasteiger partial charge in [-0.05, 0) is 0 Å². The highest BCUT2D eigenvalue weighted by Crippen LogP contribution is 1.99. The number of hydrogen-bond acceptors (Lipinski definition) is 3. The van der Waals surface area contributed by atoms with Crippen LogP contribution < -0.4 is 5.32 Å². The van der Waals surface area contributed by atoms with Crippen molar-refractivity contribution in [2.24, 2.45) is 0 Å². The molecule has 0 unspecified atom stereocenters. The van der Waals surface area contributed by atoms with Crippen LogP contribution in [0, 0.1) is 0 Å². The summed E-state index contributed by atoms with van der Waals surface area (Å²) in [7, 11) is 0. The van der Waals surface area contributed by atoms with Crippen LogP contribution in [0.3, 0.4) is 0 Å². The average Bonchev–Trinajstić information content (AvgIpc) is 2.29. The molecule has 1 fully saturated rings. The number of carbonyl (C=O) groups excluding carboxylic acids is 2. The van der Waals surface area contributed by atoms with E-state index in [0.717, 1.165) is 0 Å². The van der Waals surface area contributed by atoms with E-state index in [1.165, 1.54) is 0 Å². The van der Waals surface area contributed by atoms with E-state index in [-0.39, 0.29) is 17.1 Å². The topological polar surface area (TPSA) is 58.6 Å². The maximum absolute atomic E-state index is 11.6. The third-order valence-electron chi connectivity index (χ3n) is 2.15. The largest absolute Gasteiger partial charge is 0.378 e. The first kappa shape index (κ1) is 12.4. The van der Waals surface area contributed by atoms with Crippen LogP contribution in [0.25, 0.3) is 0 Å². The van der Waals surface area contributed by atoms with E-state index in [1.54, 1.807) is 4.90 Å². The number of morpholine rings is 1. The normalized spacial score (nSPS) is 16.2. The molecule has 0 aromatic heterocycles. The Morgan fingerprint density at radius 2 is 2.00 bits per heavy atom. The second-order valence-corrected chi connectivity index (χ2v) is 3.79. The van der Waals surface area contributed by atoms with Gasteiger partial charge in [0.2, 0.25) is 11.8 Å². The molecule has 1 heterocycles. The molecule has 0 atom stereocenters. The maximum atomic E-state index is 11.6. The second-order valence-electron chi connectivity index (χ2n) is 3.23. The summed E-state index contributed by atoms with van der Waals surface area (Å²) in [6.45, 7) is 2.94. The summed E-state index contributed by atoms with van der Waals surface area (Å²) in [5, 5.41) is 2.91. The van der Waals surface area contributed by atoms with E-state index in [0.29, 0.717) is 39.3 Å². The standard InChI is InChI=1S/C9H15BrN2O3/c10-7-8(13)11-2-1-9(14)12-3-5-15-6-4-12/h1-7H2,(H,11,13). The lowest BCUT2D eigenvalue weighted by molar-refractivity contribution is -0.135. The lowest BCUT2D eigenvalue weighted by atomic mass is 10.3. The van der Waals surface area contributed by atoms with Gasteiger partial charge in [-0.25, -0.2) is 0 Å². The van der Waals surface area contributed by atoms with Gasteiger partial charge in [-0.3, -0.25) is 9.59 Å². The number of amides is 2. The highest BCUT2D eigenvalue weighted by Gasteiger charge is 2.16. The van der Waals surface area contributed by atoms with Gasteiger partial charge in [0.25, 0.3) is 0 Å². The number of alkyl halides is 1. The Kier molecular flexibility index (Phi) is 5.63. The molecule has 2 amide bonds. The number of nitrogens with one attached hydrogen (secondary N) is 1. The minimum absolute atomic E-state index is 0.0770. The summed E-state index contributed by atoms with van der Waals surface area (Å²) >= 11 is 3.03. The summed E-state index contributed by atoms with van der Waals surface area (Å²) in [5.41, 5.74) is 0. The maximum Gasteiger partial charge on any atom is 0.230 e. The molecule has 15 heavy (non-hydrogen) atoms. The van der Waals surface area contributed by atoms with Gasteiger partial charge in [0.1, 0.15) is 0 Å². The monoisotopic (exact) mass is 278 g/mol. The molecule has 1 aliphatic heterocycles. The Morgan fingerprint density at radius 1 is 1.33 bits per heavy atom. The zero-order valence-electron chi connectivity index (χ0n) is 8.50. The van der Waals surface area contributed by atoms with Crippen LogP contribution in [0.15, 0.2) is 0 Å². The van der Waals surface area contributed by atoms with E-state index in [2.05, 4.69) is 21.2 Å². The van der Waals surface area contributed by atoms with Gasteiger partial charge in [-0.2, -0.15) is 0 Å². The van der Waals surface area contributed by atoms with Crippen LogP contribution in [0.1, 0.15) is 6.42 Å². The predicted molar refractivity (Wildman–Crippen MR) is 58.8 cm³/mol. The molecule has 0 aliphatic carbocycles. The fraction of sp³-hybridized carbons (Fsp3) is 0.778.